The summed E-state index contributed by atoms with van der Waals surface area (Å²) in [6.07, 6.45) is 4.44. The SMILES string of the molecule is CCC(CCc1ccnn1Cc1ccc(OC)cc1)CNS(=O)(=O)c1ccc(Br)cc1. The molecule has 166 valence electrons. The van der Waals surface area contributed by atoms with Crippen LogP contribution in [0.4, 0.5) is 0 Å². The van der Waals surface area contributed by atoms with Crippen molar-refractivity contribution in [3.05, 3.63) is 76.5 Å². The van der Waals surface area contributed by atoms with Gasteiger partial charge in [-0.2, -0.15) is 5.10 Å². The Bertz CT molecular complexity index is 1060. The number of nitrogens with one attached hydrogen (secondary N) is 1. The lowest BCUT2D eigenvalue weighted by Crippen LogP contribution is -2.29. The highest BCUT2D eigenvalue weighted by molar-refractivity contribution is 9.10. The summed E-state index contributed by atoms with van der Waals surface area (Å²) in [6, 6.07) is 16.7. The summed E-state index contributed by atoms with van der Waals surface area (Å²) in [4.78, 5) is 0.281. The van der Waals surface area contributed by atoms with Gasteiger partial charge in [0, 0.05) is 22.9 Å². The highest BCUT2D eigenvalue weighted by atomic mass is 79.9. The Morgan fingerprint density at radius 3 is 2.45 bits per heavy atom. The summed E-state index contributed by atoms with van der Waals surface area (Å²) in [6.45, 7) is 3.20. The van der Waals surface area contributed by atoms with Crippen molar-refractivity contribution in [2.75, 3.05) is 13.7 Å². The minimum atomic E-state index is -3.51. The number of rotatable bonds is 11. The van der Waals surface area contributed by atoms with Crippen LogP contribution >= 0.6 is 15.9 Å². The number of ether oxygens (including phenoxy) is 1. The van der Waals surface area contributed by atoms with E-state index < -0.39 is 10.0 Å². The van der Waals surface area contributed by atoms with Gasteiger partial charge in [0.2, 0.25) is 10.0 Å². The third-order valence-electron chi connectivity index (χ3n) is 5.37. The molecule has 0 aliphatic rings. The van der Waals surface area contributed by atoms with E-state index in [-0.39, 0.29) is 10.8 Å². The van der Waals surface area contributed by atoms with Crippen LogP contribution in [0, 0.1) is 5.92 Å². The second-order valence-electron chi connectivity index (χ2n) is 7.45. The summed E-state index contributed by atoms with van der Waals surface area (Å²) in [5, 5.41) is 4.46. The van der Waals surface area contributed by atoms with Gasteiger partial charge in [0.25, 0.3) is 0 Å². The molecule has 0 aliphatic carbocycles. The molecule has 1 atom stereocenters. The monoisotopic (exact) mass is 505 g/mol. The maximum absolute atomic E-state index is 12.6. The van der Waals surface area contributed by atoms with E-state index in [0.717, 1.165) is 40.7 Å². The predicted octanol–water partition coefficient (Wildman–Crippen LogP) is 4.64. The molecule has 0 saturated carbocycles. The van der Waals surface area contributed by atoms with Crippen LogP contribution in [0.25, 0.3) is 0 Å². The van der Waals surface area contributed by atoms with E-state index in [9.17, 15) is 8.42 Å². The lowest BCUT2D eigenvalue weighted by Gasteiger charge is -2.16. The first-order valence-corrected chi connectivity index (χ1v) is 12.6. The molecule has 3 rings (SSSR count). The third kappa shape index (κ3) is 6.66. The first-order valence-electron chi connectivity index (χ1n) is 10.3. The zero-order chi connectivity index (χ0) is 22.3. The second-order valence-corrected chi connectivity index (χ2v) is 10.1. The van der Waals surface area contributed by atoms with E-state index in [2.05, 4.69) is 32.7 Å². The molecule has 0 fully saturated rings. The Balaban J connectivity index is 1.56. The summed E-state index contributed by atoms with van der Waals surface area (Å²) >= 11 is 3.33. The van der Waals surface area contributed by atoms with E-state index in [1.165, 1.54) is 0 Å². The first-order chi connectivity index (χ1) is 14.9. The largest absolute Gasteiger partial charge is 0.497 e. The van der Waals surface area contributed by atoms with Crippen LogP contribution in [0.1, 0.15) is 31.0 Å². The molecule has 0 aliphatic heterocycles. The molecule has 0 bridgehead atoms. The zero-order valence-electron chi connectivity index (χ0n) is 17.8. The fraction of sp³-hybridized carbons (Fsp3) is 0.348. The molecule has 0 spiro atoms. The third-order valence-corrected chi connectivity index (χ3v) is 7.34. The lowest BCUT2D eigenvalue weighted by molar-refractivity contribution is 0.414. The topological polar surface area (TPSA) is 73.2 Å². The molecule has 8 heteroatoms. The second kappa shape index (κ2) is 10.9. The summed E-state index contributed by atoms with van der Waals surface area (Å²) in [5.74, 6) is 1.08. The normalized spacial score (nSPS) is 12.6. The quantitative estimate of drug-likeness (QED) is 0.411. The van der Waals surface area contributed by atoms with Crippen molar-refractivity contribution >= 4 is 26.0 Å². The highest BCUT2D eigenvalue weighted by Crippen LogP contribution is 2.18. The molecule has 31 heavy (non-hydrogen) atoms. The Labute approximate surface area is 192 Å². The number of hydrogen-bond acceptors (Lipinski definition) is 4. The van der Waals surface area contributed by atoms with Crippen molar-refractivity contribution in [1.82, 2.24) is 14.5 Å². The Hall–Kier alpha value is -2.16. The fourth-order valence-electron chi connectivity index (χ4n) is 3.35. The molecule has 1 N–H and O–H groups in total. The molecular formula is C23H28BrN3O3S. The van der Waals surface area contributed by atoms with Gasteiger partial charge in [-0.3, -0.25) is 4.68 Å². The highest BCUT2D eigenvalue weighted by Gasteiger charge is 2.17. The molecule has 1 unspecified atom stereocenters. The van der Waals surface area contributed by atoms with Crippen LogP contribution < -0.4 is 9.46 Å². The van der Waals surface area contributed by atoms with Gasteiger partial charge in [0.05, 0.1) is 18.6 Å². The molecule has 0 radical (unpaired) electrons. The molecule has 1 aromatic heterocycles. The van der Waals surface area contributed by atoms with Gasteiger partial charge in [-0.25, -0.2) is 13.1 Å². The lowest BCUT2D eigenvalue weighted by atomic mass is 9.99. The van der Waals surface area contributed by atoms with Crippen LogP contribution in [-0.4, -0.2) is 31.9 Å². The van der Waals surface area contributed by atoms with Crippen LogP contribution in [0.3, 0.4) is 0 Å². The number of sulfonamides is 1. The molecule has 6 nitrogen and oxygen atoms in total. The van der Waals surface area contributed by atoms with E-state index in [1.54, 1.807) is 31.4 Å². The number of benzene rings is 2. The molecule has 0 saturated heterocycles. The standard InChI is InChI=1S/C23H28BrN3O3S/c1-3-18(16-26-31(28,29)23-12-7-20(24)8-13-23)4-9-21-14-15-25-27(21)17-19-5-10-22(30-2)11-6-19/h5-8,10-15,18,26H,3-4,9,16-17H2,1-2H3. The van der Waals surface area contributed by atoms with E-state index in [4.69, 9.17) is 4.74 Å². The predicted molar refractivity (Wildman–Crippen MR) is 126 cm³/mol. The number of halogens is 1. The maximum Gasteiger partial charge on any atom is 0.240 e. The van der Waals surface area contributed by atoms with Gasteiger partial charge < -0.3 is 4.74 Å². The van der Waals surface area contributed by atoms with Crippen molar-refractivity contribution in [2.45, 2.75) is 37.6 Å². The molecule has 2 aromatic carbocycles. The van der Waals surface area contributed by atoms with Gasteiger partial charge in [0.1, 0.15) is 5.75 Å². The van der Waals surface area contributed by atoms with E-state index >= 15 is 0 Å². The number of hydrogen-bond donors (Lipinski definition) is 1. The smallest absolute Gasteiger partial charge is 0.240 e. The van der Waals surface area contributed by atoms with E-state index in [1.807, 2.05) is 41.2 Å². The van der Waals surface area contributed by atoms with Crippen molar-refractivity contribution in [1.29, 1.82) is 0 Å². The number of aromatic nitrogens is 2. The Morgan fingerprint density at radius 1 is 1.10 bits per heavy atom. The first kappa shape index (κ1) is 23.5. The van der Waals surface area contributed by atoms with Gasteiger partial charge in [-0.05, 0) is 66.8 Å². The summed E-state index contributed by atoms with van der Waals surface area (Å²) in [7, 11) is -1.85. The average molecular weight is 506 g/mol. The Morgan fingerprint density at radius 2 is 1.81 bits per heavy atom. The minimum Gasteiger partial charge on any atom is -0.497 e. The number of nitrogens with zero attached hydrogens (tertiary/aromatic N) is 2. The van der Waals surface area contributed by atoms with Crippen LogP contribution in [0.15, 0.2) is 70.2 Å². The fourth-order valence-corrected chi connectivity index (χ4v) is 4.73. The number of methoxy groups -OCH3 is 1. The van der Waals surface area contributed by atoms with Gasteiger partial charge in [-0.15, -0.1) is 0 Å². The molecule has 1 heterocycles. The average Bonchev–Trinajstić information content (AvgIpc) is 3.21. The molecule has 3 aromatic rings. The number of aryl methyl sites for hydroxylation is 1. The van der Waals surface area contributed by atoms with Gasteiger partial charge in [0.15, 0.2) is 0 Å². The summed E-state index contributed by atoms with van der Waals surface area (Å²) in [5.41, 5.74) is 2.30. The summed E-state index contributed by atoms with van der Waals surface area (Å²) < 4.78 is 35.9. The minimum absolute atomic E-state index is 0.245. The Kier molecular flexibility index (Phi) is 8.28. The van der Waals surface area contributed by atoms with Gasteiger partial charge in [-0.1, -0.05) is 41.4 Å². The van der Waals surface area contributed by atoms with Crippen LogP contribution in [0.2, 0.25) is 0 Å². The van der Waals surface area contributed by atoms with Crippen molar-refractivity contribution in [3.63, 3.8) is 0 Å². The zero-order valence-corrected chi connectivity index (χ0v) is 20.2. The van der Waals surface area contributed by atoms with Crippen molar-refractivity contribution < 1.29 is 13.2 Å². The van der Waals surface area contributed by atoms with Crippen molar-refractivity contribution in [3.8, 4) is 5.75 Å². The van der Waals surface area contributed by atoms with Crippen molar-refractivity contribution in [2.24, 2.45) is 5.92 Å². The van der Waals surface area contributed by atoms with Crippen LogP contribution in [-0.2, 0) is 23.0 Å². The molecule has 0 amide bonds. The van der Waals surface area contributed by atoms with Crippen LogP contribution in [0.5, 0.6) is 5.75 Å². The van der Waals surface area contributed by atoms with Gasteiger partial charge >= 0.3 is 0 Å². The molecular weight excluding hydrogens is 478 g/mol. The maximum atomic E-state index is 12.6. The van der Waals surface area contributed by atoms with E-state index in [0.29, 0.717) is 13.1 Å².